The molecule has 0 bridgehead atoms. The van der Waals surface area contributed by atoms with Crippen molar-refractivity contribution < 1.29 is 4.79 Å². The lowest BCUT2D eigenvalue weighted by Gasteiger charge is -2.39. The van der Waals surface area contributed by atoms with E-state index >= 15 is 0 Å². The smallest absolute Gasteiger partial charge is 0.226 e. The molecule has 4 nitrogen and oxygen atoms in total. The van der Waals surface area contributed by atoms with Gasteiger partial charge >= 0.3 is 0 Å². The summed E-state index contributed by atoms with van der Waals surface area (Å²) in [6.07, 6.45) is 1.83. The van der Waals surface area contributed by atoms with Crippen LogP contribution >= 0.6 is 0 Å². The number of hydrogen-bond donors (Lipinski definition) is 1. The standard InChI is InChI=1S/C16H19N3O/c1-11(2)18-16(20)13-9-19(10-13)15-14-6-4-3-5-12(14)7-8-17-15/h3-8,11,13H,9-10H2,1-2H3,(H,18,20). The Hall–Kier alpha value is -2.10. The Balaban J connectivity index is 1.74. The van der Waals surface area contributed by atoms with Gasteiger partial charge in [0.25, 0.3) is 0 Å². The van der Waals surface area contributed by atoms with Gasteiger partial charge in [-0.1, -0.05) is 24.3 Å². The predicted octanol–water partition coefficient (Wildman–Crippen LogP) is 2.20. The van der Waals surface area contributed by atoms with Crippen molar-refractivity contribution in [2.24, 2.45) is 5.92 Å². The van der Waals surface area contributed by atoms with E-state index in [0.29, 0.717) is 0 Å². The Morgan fingerprint density at radius 1 is 1.30 bits per heavy atom. The molecule has 1 aliphatic heterocycles. The number of pyridine rings is 1. The molecular weight excluding hydrogens is 250 g/mol. The highest BCUT2D eigenvalue weighted by Crippen LogP contribution is 2.29. The van der Waals surface area contributed by atoms with Gasteiger partial charge in [0.05, 0.1) is 5.92 Å². The molecule has 1 amide bonds. The first-order valence-electron chi connectivity index (χ1n) is 7.04. The van der Waals surface area contributed by atoms with E-state index in [4.69, 9.17) is 0 Å². The fourth-order valence-electron chi connectivity index (χ4n) is 2.58. The summed E-state index contributed by atoms with van der Waals surface area (Å²) >= 11 is 0. The lowest BCUT2D eigenvalue weighted by molar-refractivity contribution is -0.126. The van der Waals surface area contributed by atoms with Crippen LogP contribution < -0.4 is 10.2 Å². The quantitative estimate of drug-likeness (QED) is 0.929. The zero-order valence-corrected chi connectivity index (χ0v) is 11.8. The molecule has 20 heavy (non-hydrogen) atoms. The van der Waals surface area contributed by atoms with E-state index in [1.165, 1.54) is 5.39 Å². The van der Waals surface area contributed by atoms with Crippen LogP contribution in [0.15, 0.2) is 36.5 Å². The van der Waals surface area contributed by atoms with E-state index < -0.39 is 0 Å². The molecule has 0 aliphatic carbocycles. The maximum absolute atomic E-state index is 11.9. The Labute approximate surface area is 118 Å². The van der Waals surface area contributed by atoms with Crippen LogP contribution in [0.1, 0.15) is 13.8 Å². The Kier molecular flexibility index (Phi) is 3.30. The van der Waals surface area contributed by atoms with Crippen molar-refractivity contribution in [2.75, 3.05) is 18.0 Å². The fourth-order valence-corrected chi connectivity index (χ4v) is 2.58. The summed E-state index contributed by atoms with van der Waals surface area (Å²) in [5.74, 6) is 1.21. The van der Waals surface area contributed by atoms with Gasteiger partial charge in [-0.15, -0.1) is 0 Å². The van der Waals surface area contributed by atoms with Gasteiger partial charge in [0.2, 0.25) is 5.91 Å². The number of carbonyl (C=O) groups excluding carboxylic acids is 1. The molecule has 2 heterocycles. The number of hydrogen-bond acceptors (Lipinski definition) is 3. The lowest BCUT2D eigenvalue weighted by atomic mass is 9.98. The second-order valence-electron chi connectivity index (χ2n) is 5.62. The van der Waals surface area contributed by atoms with Gasteiger partial charge in [-0.2, -0.15) is 0 Å². The van der Waals surface area contributed by atoms with E-state index in [9.17, 15) is 4.79 Å². The van der Waals surface area contributed by atoms with Gasteiger partial charge in [0.1, 0.15) is 5.82 Å². The number of fused-ring (bicyclic) bond motifs is 1. The van der Waals surface area contributed by atoms with Crippen LogP contribution in [0.2, 0.25) is 0 Å². The van der Waals surface area contributed by atoms with Crippen LogP contribution in [0.3, 0.4) is 0 Å². The zero-order valence-electron chi connectivity index (χ0n) is 11.8. The van der Waals surface area contributed by atoms with E-state index in [-0.39, 0.29) is 17.9 Å². The van der Waals surface area contributed by atoms with Crippen molar-refractivity contribution in [1.82, 2.24) is 10.3 Å². The molecule has 1 aliphatic rings. The molecule has 1 N–H and O–H groups in total. The largest absolute Gasteiger partial charge is 0.354 e. The van der Waals surface area contributed by atoms with Gasteiger partial charge in [-0.3, -0.25) is 4.79 Å². The van der Waals surface area contributed by atoms with Crippen LogP contribution in [0.5, 0.6) is 0 Å². The summed E-state index contributed by atoms with van der Waals surface area (Å²) in [7, 11) is 0. The number of anilines is 1. The predicted molar refractivity (Wildman–Crippen MR) is 80.7 cm³/mol. The molecule has 0 spiro atoms. The molecule has 4 heteroatoms. The third-order valence-corrected chi connectivity index (χ3v) is 3.64. The SMILES string of the molecule is CC(C)NC(=O)C1CN(c2nccc3ccccc23)C1. The highest BCUT2D eigenvalue weighted by molar-refractivity contribution is 5.93. The van der Waals surface area contributed by atoms with Crippen LogP contribution in [0.4, 0.5) is 5.82 Å². The highest BCUT2D eigenvalue weighted by atomic mass is 16.2. The van der Waals surface area contributed by atoms with Gasteiger partial charge in [0.15, 0.2) is 0 Å². The number of aromatic nitrogens is 1. The number of carbonyl (C=O) groups is 1. The third-order valence-electron chi connectivity index (χ3n) is 3.64. The topological polar surface area (TPSA) is 45.2 Å². The average molecular weight is 269 g/mol. The van der Waals surface area contributed by atoms with E-state index in [0.717, 1.165) is 24.3 Å². The number of rotatable bonds is 3. The molecule has 2 aromatic rings. The molecule has 1 saturated heterocycles. The average Bonchev–Trinajstić information content (AvgIpc) is 2.36. The minimum absolute atomic E-state index is 0.0816. The Bertz CT molecular complexity index is 627. The second kappa shape index (κ2) is 5.12. The van der Waals surface area contributed by atoms with E-state index in [1.807, 2.05) is 38.2 Å². The normalized spacial score (nSPS) is 15.4. The van der Waals surface area contributed by atoms with Gasteiger partial charge in [-0.25, -0.2) is 4.98 Å². The van der Waals surface area contributed by atoms with Gasteiger partial charge in [0, 0.05) is 30.7 Å². The second-order valence-corrected chi connectivity index (χ2v) is 5.62. The van der Waals surface area contributed by atoms with Crippen LogP contribution in [0.25, 0.3) is 10.8 Å². The summed E-state index contributed by atoms with van der Waals surface area (Å²) < 4.78 is 0. The molecule has 3 rings (SSSR count). The summed E-state index contributed by atoms with van der Waals surface area (Å²) in [5.41, 5.74) is 0. The fraction of sp³-hybridized carbons (Fsp3) is 0.375. The van der Waals surface area contributed by atoms with Crippen LogP contribution in [0, 0.1) is 5.92 Å². The number of amides is 1. The summed E-state index contributed by atoms with van der Waals surface area (Å²) in [4.78, 5) is 18.6. The molecule has 0 atom stereocenters. The molecule has 0 unspecified atom stereocenters. The van der Waals surface area contributed by atoms with Gasteiger partial charge in [-0.05, 0) is 25.3 Å². The monoisotopic (exact) mass is 269 g/mol. The first kappa shape index (κ1) is 12.9. The van der Waals surface area contributed by atoms with Crippen molar-refractivity contribution in [3.05, 3.63) is 36.5 Å². The molecule has 0 radical (unpaired) electrons. The maximum atomic E-state index is 11.9. The summed E-state index contributed by atoms with van der Waals surface area (Å²) in [5, 5.41) is 5.31. The van der Waals surface area contributed by atoms with E-state index in [2.05, 4.69) is 27.3 Å². The molecule has 1 aromatic heterocycles. The maximum Gasteiger partial charge on any atom is 0.226 e. The first-order chi connectivity index (χ1) is 9.65. The Morgan fingerprint density at radius 3 is 2.80 bits per heavy atom. The molecule has 1 fully saturated rings. The minimum atomic E-state index is 0.0816. The lowest BCUT2D eigenvalue weighted by Crippen LogP contribution is -2.55. The minimum Gasteiger partial charge on any atom is -0.354 e. The molecule has 104 valence electrons. The summed E-state index contributed by atoms with van der Waals surface area (Å²) in [6, 6.07) is 10.4. The van der Waals surface area contributed by atoms with Crippen molar-refractivity contribution in [1.29, 1.82) is 0 Å². The van der Waals surface area contributed by atoms with Crippen LogP contribution in [-0.4, -0.2) is 30.0 Å². The highest BCUT2D eigenvalue weighted by Gasteiger charge is 2.34. The van der Waals surface area contributed by atoms with Crippen LogP contribution in [-0.2, 0) is 4.79 Å². The van der Waals surface area contributed by atoms with Crippen molar-refractivity contribution in [2.45, 2.75) is 19.9 Å². The third kappa shape index (κ3) is 2.33. The zero-order chi connectivity index (χ0) is 14.1. The number of nitrogens with one attached hydrogen (secondary N) is 1. The van der Waals surface area contributed by atoms with E-state index in [1.54, 1.807) is 0 Å². The molecule has 1 aromatic carbocycles. The Morgan fingerprint density at radius 2 is 2.05 bits per heavy atom. The first-order valence-corrected chi connectivity index (χ1v) is 7.04. The van der Waals surface area contributed by atoms with Crippen molar-refractivity contribution in [3.8, 4) is 0 Å². The summed E-state index contributed by atoms with van der Waals surface area (Å²) in [6.45, 7) is 5.47. The number of benzene rings is 1. The molecular formula is C16H19N3O. The van der Waals surface area contributed by atoms with Gasteiger partial charge < -0.3 is 10.2 Å². The van der Waals surface area contributed by atoms with Crippen molar-refractivity contribution >= 4 is 22.5 Å². The van der Waals surface area contributed by atoms with Crippen molar-refractivity contribution in [3.63, 3.8) is 0 Å². The number of nitrogens with zero attached hydrogens (tertiary/aromatic N) is 2. The molecule has 0 saturated carbocycles.